The number of amides is 1. The number of para-hydroxylation sites is 1. The minimum atomic E-state index is -0.868. The number of nitrogens with zero attached hydrogens (tertiary/aromatic N) is 5. The number of nitrogens with two attached hydrogens (primary N) is 1. The van der Waals surface area contributed by atoms with Crippen molar-refractivity contribution in [2.45, 2.75) is 31.7 Å². The third kappa shape index (κ3) is 3.54. The zero-order valence-electron chi connectivity index (χ0n) is 16.7. The standard InChI is InChI=1S/C20H20FN7O2S/c1-30-12-3-2-4-13-14(12)24-20(31-13)27-18(29)10-5-7-11(8-6-10)28-9-23-15-16(22)25-19(21)26-17(15)28/h2-4,9-11H,5-8H2,1H3,(H2,22,25,26)(H,24,27,29). The predicted molar refractivity (Wildman–Crippen MR) is 115 cm³/mol. The summed E-state index contributed by atoms with van der Waals surface area (Å²) in [6, 6.07) is 5.77. The van der Waals surface area contributed by atoms with E-state index in [0.717, 1.165) is 23.1 Å². The molecule has 1 aromatic carbocycles. The van der Waals surface area contributed by atoms with Crippen molar-refractivity contribution in [2.24, 2.45) is 5.92 Å². The maximum absolute atomic E-state index is 13.6. The monoisotopic (exact) mass is 441 g/mol. The van der Waals surface area contributed by atoms with E-state index < -0.39 is 6.08 Å². The van der Waals surface area contributed by atoms with Crippen LogP contribution in [0.25, 0.3) is 21.4 Å². The molecule has 1 aliphatic carbocycles. The molecule has 4 aromatic rings. The minimum absolute atomic E-state index is 0.0294. The first-order valence-corrected chi connectivity index (χ1v) is 10.7. The summed E-state index contributed by atoms with van der Waals surface area (Å²) in [6.45, 7) is 0. The molecule has 3 N–H and O–H groups in total. The van der Waals surface area contributed by atoms with Crippen molar-refractivity contribution in [3.8, 4) is 5.75 Å². The summed E-state index contributed by atoms with van der Waals surface area (Å²) in [5, 5.41) is 3.52. The van der Waals surface area contributed by atoms with E-state index in [1.165, 1.54) is 11.3 Å². The second kappa shape index (κ2) is 7.73. The van der Waals surface area contributed by atoms with Crippen LogP contribution in [0.2, 0.25) is 0 Å². The maximum Gasteiger partial charge on any atom is 0.312 e. The van der Waals surface area contributed by atoms with Gasteiger partial charge in [0.2, 0.25) is 5.91 Å². The number of benzene rings is 1. The van der Waals surface area contributed by atoms with Crippen molar-refractivity contribution in [1.29, 1.82) is 0 Å². The van der Waals surface area contributed by atoms with E-state index in [1.54, 1.807) is 13.4 Å². The largest absolute Gasteiger partial charge is 0.494 e. The van der Waals surface area contributed by atoms with E-state index in [-0.39, 0.29) is 23.7 Å². The molecule has 0 saturated heterocycles. The van der Waals surface area contributed by atoms with Gasteiger partial charge in [-0.15, -0.1) is 0 Å². The Bertz CT molecular complexity index is 1280. The molecule has 0 aliphatic heterocycles. The van der Waals surface area contributed by atoms with Crippen LogP contribution in [0.3, 0.4) is 0 Å². The van der Waals surface area contributed by atoms with Crippen molar-refractivity contribution in [1.82, 2.24) is 24.5 Å². The molecule has 11 heteroatoms. The summed E-state index contributed by atoms with van der Waals surface area (Å²) >= 11 is 1.42. The van der Waals surface area contributed by atoms with E-state index >= 15 is 0 Å². The SMILES string of the molecule is COc1cccc2sc(NC(=O)C3CCC(n4cnc5c(N)nc(F)nc54)CC3)nc12. The summed E-state index contributed by atoms with van der Waals surface area (Å²) < 4.78 is 21.7. The van der Waals surface area contributed by atoms with Crippen LogP contribution in [0, 0.1) is 12.0 Å². The molecular weight excluding hydrogens is 421 g/mol. The fourth-order valence-electron chi connectivity index (χ4n) is 4.14. The fraction of sp³-hybridized carbons (Fsp3) is 0.350. The number of halogens is 1. The van der Waals surface area contributed by atoms with Gasteiger partial charge in [0.15, 0.2) is 16.6 Å². The van der Waals surface area contributed by atoms with Gasteiger partial charge in [-0.2, -0.15) is 14.4 Å². The third-order valence-electron chi connectivity index (χ3n) is 5.71. The fourth-order valence-corrected chi connectivity index (χ4v) is 5.03. The first kappa shape index (κ1) is 19.6. The zero-order chi connectivity index (χ0) is 21.5. The van der Waals surface area contributed by atoms with Gasteiger partial charge in [0.05, 0.1) is 18.1 Å². The number of hydrogen-bond donors (Lipinski definition) is 2. The van der Waals surface area contributed by atoms with Gasteiger partial charge >= 0.3 is 6.08 Å². The number of thiazole rings is 1. The quantitative estimate of drug-likeness (QED) is 0.465. The number of imidazole rings is 1. The number of nitrogens with one attached hydrogen (secondary N) is 1. The molecule has 0 bridgehead atoms. The molecule has 9 nitrogen and oxygen atoms in total. The molecule has 160 valence electrons. The number of anilines is 2. The molecule has 1 saturated carbocycles. The molecule has 3 aromatic heterocycles. The summed E-state index contributed by atoms with van der Waals surface area (Å²) in [6.07, 6.45) is 3.66. The van der Waals surface area contributed by atoms with Crippen LogP contribution in [0.5, 0.6) is 5.75 Å². The lowest BCUT2D eigenvalue weighted by atomic mass is 9.85. The molecule has 1 amide bonds. The number of carbonyl (C=O) groups is 1. The van der Waals surface area contributed by atoms with Crippen molar-refractivity contribution in [2.75, 3.05) is 18.2 Å². The molecule has 5 rings (SSSR count). The molecule has 3 heterocycles. The average Bonchev–Trinajstić information content (AvgIpc) is 3.37. The Kier molecular flexibility index (Phi) is 4.89. The van der Waals surface area contributed by atoms with E-state index in [0.29, 0.717) is 34.9 Å². The van der Waals surface area contributed by atoms with Crippen molar-refractivity contribution < 1.29 is 13.9 Å². The van der Waals surface area contributed by atoms with Gasteiger partial charge in [0.1, 0.15) is 16.8 Å². The lowest BCUT2D eigenvalue weighted by molar-refractivity contribution is -0.120. The van der Waals surface area contributed by atoms with Crippen LogP contribution >= 0.6 is 11.3 Å². The van der Waals surface area contributed by atoms with E-state index in [4.69, 9.17) is 10.5 Å². The van der Waals surface area contributed by atoms with Gasteiger partial charge < -0.3 is 20.4 Å². The Hall–Kier alpha value is -3.34. The van der Waals surface area contributed by atoms with Gasteiger partial charge in [-0.25, -0.2) is 9.97 Å². The number of hydrogen-bond acceptors (Lipinski definition) is 8. The maximum atomic E-state index is 13.6. The molecule has 1 aliphatic rings. The second-order valence-electron chi connectivity index (χ2n) is 7.52. The number of carbonyl (C=O) groups excluding carboxylic acids is 1. The normalized spacial score (nSPS) is 19.0. The lowest BCUT2D eigenvalue weighted by Crippen LogP contribution is -2.28. The van der Waals surface area contributed by atoms with Crippen molar-refractivity contribution >= 4 is 49.6 Å². The van der Waals surface area contributed by atoms with Gasteiger partial charge in [-0.05, 0) is 37.8 Å². The highest BCUT2D eigenvalue weighted by atomic mass is 32.1. The highest BCUT2D eigenvalue weighted by Gasteiger charge is 2.29. The van der Waals surface area contributed by atoms with Crippen LogP contribution in [-0.2, 0) is 4.79 Å². The Balaban J connectivity index is 1.27. The highest BCUT2D eigenvalue weighted by molar-refractivity contribution is 7.22. The number of nitrogen functional groups attached to an aromatic ring is 1. The molecule has 0 atom stereocenters. The van der Waals surface area contributed by atoms with Crippen LogP contribution < -0.4 is 15.8 Å². The van der Waals surface area contributed by atoms with Crippen molar-refractivity contribution in [3.05, 3.63) is 30.6 Å². The third-order valence-corrected chi connectivity index (χ3v) is 6.65. The van der Waals surface area contributed by atoms with Crippen LogP contribution in [0.4, 0.5) is 15.3 Å². The van der Waals surface area contributed by atoms with E-state index in [9.17, 15) is 9.18 Å². The first-order valence-electron chi connectivity index (χ1n) is 9.93. The number of methoxy groups -OCH3 is 1. The van der Waals surface area contributed by atoms with Gasteiger partial charge in [0, 0.05) is 12.0 Å². The summed E-state index contributed by atoms with van der Waals surface area (Å²) in [5.41, 5.74) is 7.28. The Morgan fingerprint density at radius 1 is 1.23 bits per heavy atom. The Labute approximate surface area is 180 Å². The first-order chi connectivity index (χ1) is 15.0. The number of ether oxygens (including phenoxy) is 1. The van der Waals surface area contributed by atoms with Gasteiger partial charge in [-0.3, -0.25) is 4.79 Å². The lowest BCUT2D eigenvalue weighted by Gasteiger charge is -2.28. The molecule has 31 heavy (non-hydrogen) atoms. The van der Waals surface area contributed by atoms with Crippen LogP contribution in [-0.4, -0.2) is 37.5 Å². The van der Waals surface area contributed by atoms with E-state index in [2.05, 4.69) is 25.3 Å². The van der Waals surface area contributed by atoms with Gasteiger partial charge in [-0.1, -0.05) is 17.4 Å². The molecule has 0 radical (unpaired) electrons. The van der Waals surface area contributed by atoms with Crippen LogP contribution in [0.1, 0.15) is 31.7 Å². The predicted octanol–water partition coefficient (Wildman–Crippen LogP) is 3.54. The Morgan fingerprint density at radius 2 is 2.03 bits per heavy atom. The number of aromatic nitrogens is 5. The number of fused-ring (bicyclic) bond motifs is 2. The average molecular weight is 441 g/mol. The summed E-state index contributed by atoms with van der Waals surface area (Å²) in [4.78, 5) is 28.9. The molecule has 1 fully saturated rings. The zero-order valence-corrected chi connectivity index (χ0v) is 17.5. The van der Waals surface area contributed by atoms with E-state index in [1.807, 2.05) is 22.8 Å². The summed E-state index contributed by atoms with van der Waals surface area (Å²) in [5.74, 6) is 0.561. The molecule has 0 spiro atoms. The minimum Gasteiger partial charge on any atom is -0.494 e. The van der Waals surface area contributed by atoms with Crippen LogP contribution in [0.15, 0.2) is 24.5 Å². The van der Waals surface area contributed by atoms with Gasteiger partial charge in [0.25, 0.3) is 0 Å². The molecule has 0 unspecified atom stereocenters. The van der Waals surface area contributed by atoms with Crippen molar-refractivity contribution in [3.63, 3.8) is 0 Å². The number of rotatable bonds is 4. The smallest absolute Gasteiger partial charge is 0.312 e. The molecular formula is C20H20FN7O2S. The topological polar surface area (TPSA) is 121 Å². The second-order valence-corrected chi connectivity index (χ2v) is 8.55. The summed E-state index contributed by atoms with van der Waals surface area (Å²) in [7, 11) is 1.60. The highest BCUT2D eigenvalue weighted by Crippen LogP contribution is 2.36. The Morgan fingerprint density at radius 3 is 2.81 bits per heavy atom.